The van der Waals surface area contributed by atoms with Gasteiger partial charge < -0.3 is 9.15 Å². The number of halogens is 1. The standard InChI is InChI=1S/C10H10BrN3O4S/c1-6-13-14-10(18-6)5-17-9-3-2-7(4-8(9)11)19(12,15)16/h2-4H,5H2,1H3,(H2,12,15,16). The summed E-state index contributed by atoms with van der Waals surface area (Å²) in [5, 5.41) is 12.5. The fourth-order valence-electron chi connectivity index (χ4n) is 1.31. The van der Waals surface area contributed by atoms with Crippen LogP contribution in [0.15, 0.2) is 32.0 Å². The zero-order valence-corrected chi connectivity index (χ0v) is 12.2. The Hall–Kier alpha value is -1.45. The third kappa shape index (κ3) is 3.52. The van der Waals surface area contributed by atoms with E-state index in [9.17, 15) is 8.42 Å². The van der Waals surface area contributed by atoms with E-state index in [1.54, 1.807) is 6.92 Å². The molecule has 0 atom stereocenters. The second-order valence-corrected chi connectivity index (χ2v) is 6.06. The molecule has 1 aromatic heterocycles. The second-order valence-electron chi connectivity index (χ2n) is 3.64. The van der Waals surface area contributed by atoms with Crippen molar-refractivity contribution in [1.82, 2.24) is 10.2 Å². The van der Waals surface area contributed by atoms with Crippen molar-refractivity contribution in [3.05, 3.63) is 34.5 Å². The van der Waals surface area contributed by atoms with Crippen LogP contribution in [0.3, 0.4) is 0 Å². The zero-order valence-electron chi connectivity index (χ0n) is 9.83. The molecule has 0 radical (unpaired) electrons. The van der Waals surface area contributed by atoms with Gasteiger partial charge >= 0.3 is 0 Å². The number of benzene rings is 1. The predicted molar refractivity (Wildman–Crippen MR) is 68.9 cm³/mol. The molecule has 9 heteroatoms. The molecular formula is C10H10BrN3O4S. The van der Waals surface area contributed by atoms with Gasteiger partial charge in [-0.25, -0.2) is 13.6 Å². The number of aryl methyl sites for hydroxylation is 1. The monoisotopic (exact) mass is 347 g/mol. The largest absolute Gasteiger partial charge is 0.483 e. The van der Waals surface area contributed by atoms with Crippen molar-refractivity contribution >= 4 is 26.0 Å². The van der Waals surface area contributed by atoms with Gasteiger partial charge in [-0.3, -0.25) is 0 Å². The second kappa shape index (κ2) is 5.27. The lowest BCUT2D eigenvalue weighted by atomic mass is 10.3. The van der Waals surface area contributed by atoms with Gasteiger partial charge in [-0.15, -0.1) is 10.2 Å². The first-order valence-corrected chi connectivity index (χ1v) is 7.44. The van der Waals surface area contributed by atoms with E-state index in [-0.39, 0.29) is 11.5 Å². The quantitative estimate of drug-likeness (QED) is 0.894. The van der Waals surface area contributed by atoms with Crippen molar-refractivity contribution in [3.63, 3.8) is 0 Å². The Morgan fingerprint density at radius 1 is 1.42 bits per heavy atom. The molecule has 7 nitrogen and oxygen atoms in total. The molecule has 2 aromatic rings. The minimum atomic E-state index is -3.73. The molecule has 0 saturated carbocycles. The number of hydrogen-bond acceptors (Lipinski definition) is 6. The summed E-state index contributed by atoms with van der Waals surface area (Å²) in [6.45, 7) is 1.77. The topological polar surface area (TPSA) is 108 Å². The normalized spacial score (nSPS) is 11.5. The molecule has 0 aliphatic heterocycles. The maximum atomic E-state index is 11.2. The van der Waals surface area contributed by atoms with Gasteiger partial charge in [-0.05, 0) is 34.1 Å². The van der Waals surface area contributed by atoms with Gasteiger partial charge in [0.2, 0.25) is 15.9 Å². The molecule has 2 rings (SSSR count). The highest BCUT2D eigenvalue weighted by Crippen LogP contribution is 2.28. The maximum Gasteiger partial charge on any atom is 0.253 e. The average molecular weight is 348 g/mol. The van der Waals surface area contributed by atoms with Crippen LogP contribution < -0.4 is 9.88 Å². The fourth-order valence-corrected chi connectivity index (χ4v) is 2.50. The Kier molecular flexibility index (Phi) is 3.88. The molecule has 0 fully saturated rings. The van der Waals surface area contributed by atoms with E-state index in [1.807, 2.05) is 0 Å². The molecule has 0 aliphatic rings. The molecule has 0 bridgehead atoms. The molecule has 19 heavy (non-hydrogen) atoms. The summed E-state index contributed by atoms with van der Waals surface area (Å²) in [5.41, 5.74) is 0. The van der Waals surface area contributed by atoms with E-state index in [0.717, 1.165) is 0 Å². The molecule has 2 N–H and O–H groups in total. The zero-order chi connectivity index (χ0) is 14.0. The van der Waals surface area contributed by atoms with Gasteiger partial charge in [0.15, 0.2) is 6.61 Å². The van der Waals surface area contributed by atoms with Crippen LogP contribution >= 0.6 is 15.9 Å². The van der Waals surface area contributed by atoms with Gasteiger partial charge in [0.05, 0.1) is 9.37 Å². The summed E-state index contributed by atoms with van der Waals surface area (Å²) in [4.78, 5) is 0.000333. The SMILES string of the molecule is Cc1nnc(COc2ccc(S(N)(=O)=O)cc2Br)o1. The molecule has 1 heterocycles. The minimum absolute atomic E-state index is 0.000333. The summed E-state index contributed by atoms with van der Waals surface area (Å²) in [6.07, 6.45) is 0. The van der Waals surface area contributed by atoms with Crippen LogP contribution in [0.1, 0.15) is 11.8 Å². The molecule has 0 amide bonds. The van der Waals surface area contributed by atoms with Gasteiger partial charge in [-0.2, -0.15) is 0 Å². The van der Waals surface area contributed by atoms with Crippen molar-refractivity contribution in [2.24, 2.45) is 5.14 Å². The van der Waals surface area contributed by atoms with Crippen LogP contribution in [-0.4, -0.2) is 18.6 Å². The Morgan fingerprint density at radius 3 is 2.68 bits per heavy atom. The number of nitrogens with two attached hydrogens (primary N) is 1. The number of sulfonamides is 1. The number of ether oxygens (including phenoxy) is 1. The Labute approximate surface area is 118 Å². The third-order valence-electron chi connectivity index (χ3n) is 2.15. The fraction of sp³-hybridized carbons (Fsp3) is 0.200. The van der Waals surface area contributed by atoms with E-state index in [4.69, 9.17) is 14.3 Å². The Balaban J connectivity index is 2.14. The number of hydrogen-bond donors (Lipinski definition) is 1. The third-order valence-corrected chi connectivity index (χ3v) is 3.68. The summed E-state index contributed by atoms with van der Waals surface area (Å²) in [5.74, 6) is 1.23. The van der Waals surface area contributed by atoms with E-state index in [0.29, 0.717) is 22.0 Å². The number of aromatic nitrogens is 2. The van der Waals surface area contributed by atoms with E-state index in [2.05, 4.69) is 26.1 Å². The van der Waals surface area contributed by atoms with E-state index < -0.39 is 10.0 Å². The van der Waals surface area contributed by atoms with Crippen LogP contribution in [0.2, 0.25) is 0 Å². The van der Waals surface area contributed by atoms with Crippen LogP contribution in [0.5, 0.6) is 5.75 Å². The minimum Gasteiger partial charge on any atom is -0.483 e. The van der Waals surface area contributed by atoms with Gasteiger partial charge in [0.25, 0.3) is 5.89 Å². The summed E-state index contributed by atoms with van der Waals surface area (Å²) < 4.78 is 33.4. The van der Waals surface area contributed by atoms with E-state index in [1.165, 1.54) is 18.2 Å². The van der Waals surface area contributed by atoms with Crippen molar-refractivity contribution < 1.29 is 17.6 Å². The molecule has 0 unspecified atom stereocenters. The molecule has 0 saturated heterocycles. The lowest BCUT2D eigenvalue weighted by molar-refractivity contribution is 0.259. The lowest BCUT2D eigenvalue weighted by Crippen LogP contribution is -2.12. The first kappa shape index (κ1) is 14.0. The van der Waals surface area contributed by atoms with Crippen molar-refractivity contribution in [2.45, 2.75) is 18.4 Å². The summed E-state index contributed by atoms with van der Waals surface area (Å²) in [6, 6.07) is 4.21. The Bertz CT molecular complexity index is 699. The highest BCUT2D eigenvalue weighted by molar-refractivity contribution is 9.10. The summed E-state index contributed by atoms with van der Waals surface area (Å²) in [7, 11) is -3.73. The van der Waals surface area contributed by atoms with Crippen LogP contribution in [-0.2, 0) is 16.6 Å². The Morgan fingerprint density at radius 2 is 2.16 bits per heavy atom. The first-order valence-electron chi connectivity index (χ1n) is 5.10. The molecule has 102 valence electrons. The molecular weight excluding hydrogens is 338 g/mol. The van der Waals surface area contributed by atoms with Crippen LogP contribution in [0.4, 0.5) is 0 Å². The highest BCUT2D eigenvalue weighted by atomic mass is 79.9. The highest BCUT2D eigenvalue weighted by Gasteiger charge is 2.12. The number of rotatable bonds is 4. The predicted octanol–water partition coefficient (Wildman–Crippen LogP) is 1.37. The van der Waals surface area contributed by atoms with Crippen molar-refractivity contribution in [1.29, 1.82) is 0 Å². The number of nitrogens with zero attached hydrogens (tertiary/aromatic N) is 2. The van der Waals surface area contributed by atoms with Crippen molar-refractivity contribution in [3.8, 4) is 5.75 Å². The summed E-state index contributed by atoms with van der Waals surface area (Å²) >= 11 is 3.21. The number of primary sulfonamides is 1. The van der Waals surface area contributed by atoms with Gasteiger partial charge in [0.1, 0.15) is 5.75 Å². The van der Waals surface area contributed by atoms with Crippen LogP contribution in [0.25, 0.3) is 0 Å². The molecule has 0 spiro atoms. The van der Waals surface area contributed by atoms with Crippen LogP contribution in [0, 0.1) is 6.92 Å². The lowest BCUT2D eigenvalue weighted by Gasteiger charge is -2.07. The van der Waals surface area contributed by atoms with Crippen molar-refractivity contribution in [2.75, 3.05) is 0 Å². The van der Waals surface area contributed by atoms with Gasteiger partial charge in [-0.1, -0.05) is 0 Å². The van der Waals surface area contributed by atoms with E-state index >= 15 is 0 Å². The average Bonchev–Trinajstić information content (AvgIpc) is 2.72. The molecule has 1 aromatic carbocycles. The first-order chi connectivity index (χ1) is 8.86. The smallest absolute Gasteiger partial charge is 0.253 e. The maximum absolute atomic E-state index is 11.2. The van der Waals surface area contributed by atoms with Gasteiger partial charge in [0, 0.05) is 6.92 Å². The molecule has 0 aliphatic carbocycles.